The zero-order valence-corrected chi connectivity index (χ0v) is 8.86. The fourth-order valence-corrected chi connectivity index (χ4v) is 1.14. The van der Waals surface area contributed by atoms with Crippen molar-refractivity contribution in [1.29, 1.82) is 0 Å². The molecule has 0 radical (unpaired) electrons. The molecule has 0 aromatic carbocycles. The van der Waals surface area contributed by atoms with Gasteiger partial charge in [-0.1, -0.05) is 5.16 Å². The number of ether oxygens (including phenoxy) is 1. The number of rotatable bonds is 2. The Morgan fingerprint density at radius 3 is 2.64 bits per heavy atom. The molecule has 0 aliphatic heterocycles. The first-order chi connectivity index (χ1) is 6.79. The van der Waals surface area contributed by atoms with Crippen LogP contribution >= 0.6 is 0 Å². The second-order valence-corrected chi connectivity index (χ2v) is 2.76. The smallest absolute Gasteiger partial charge is 0.140 e. The van der Waals surface area contributed by atoms with Crippen molar-refractivity contribution in [1.82, 2.24) is 0 Å². The monoisotopic (exact) mass is 201 g/mol. The molecule has 4 nitrogen and oxygen atoms in total. The number of hydrogen-bond donors (Lipinski definition) is 2. The Morgan fingerprint density at radius 2 is 2.14 bits per heavy atom. The third-order valence-corrected chi connectivity index (χ3v) is 1.65. The van der Waals surface area contributed by atoms with Gasteiger partial charge in [0.05, 0.1) is 6.61 Å². The average molecular weight is 201 g/mol. The standard InChI is InChI=1S/C8H13NO2.C2H6O/c1-2-11-8-6-4-3-5-7(8)9-10;1-2-3/h6,10H,2-5H2,1H3;3H,2H2,1H3/b9-7-;. The molecule has 0 heterocycles. The summed E-state index contributed by atoms with van der Waals surface area (Å²) in [6.45, 7) is 4.48. The van der Waals surface area contributed by atoms with E-state index in [1.54, 1.807) is 6.92 Å². The van der Waals surface area contributed by atoms with Crippen LogP contribution in [-0.4, -0.2) is 29.2 Å². The highest BCUT2D eigenvalue weighted by atomic mass is 16.5. The summed E-state index contributed by atoms with van der Waals surface area (Å²) in [6, 6.07) is 0. The van der Waals surface area contributed by atoms with Gasteiger partial charge in [0, 0.05) is 6.61 Å². The van der Waals surface area contributed by atoms with Crippen molar-refractivity contribution in [3.05, 3.63) is 11.8 Å². The summed E-state index contributed by atoms with van der Waals surface area (Å²) in [5.41, 5.74) is 0.679. The highest BCUT2D eigenvalue weighted by Gasteiger charge is 2.12. The van der Waals surface area contributed by atoms with Gasteiger partial charge in [-0.25, -0.2) is 0 Å². The summed E-state index contributed by atoms with van der Waals surface area (Å²) >= 11 is 0. The summed E-state index contributed by atoms with van der Waals surface area (Å²) in [5, 5.41) is 19.3. The van der Waals surface area contributed by atoms with Crippen molar-refractivity contribution in [2.75, 3.05) is 13.2 Å². The maximum Gasteiger partial charge on any atom is 0.140 e. The summed E-state index contributed by atoms with van der Waals surface area (Å²) in [6.07, 6.45) is 4.87. The molecular weight excluding hydrogens is 182 g/mol. The number of allylic oxidation sites excluding steroid dienone is 2. The zero-order valence-electron chi connectivity index (χ0n) is 8.86. The molecule has 1 aliphatic rings. The lowest BCUT2D eigenvalue weighted by molar-refractivity contribution is 0.239. The van der Waals surface area contributed by atoms with E-state index in [2.05, 4.69) is 5.16 Å². The number of oxime groups is 1. The molecule has 0 atom stereocenters. The SMILES string of the molecule is CCO.CCOC1=CCCC/C1=N/O. The quantitative estimate of drug-likeness (QED) is 0.530. The molecular formula is C10H19NO3. The molecule has 0 fully saturated rings. The molecule has 2 N–H and O–H groups in total. The Morgan fingerprint density at radius 1 is 1.50 bits per heavy atom. The van der Waals surface area contributed by atoms with Crippen LogP contribution in [0.3, 0.4) is 0 Å². The topological polar surface area (TPSA) is 62.0 Å². The summed E-state index contributed by atoms with van der Waals surface area (Å²) < 4.78 is 5.26. The van der Waals surface area contributed by atoms with E-state index in [0.29, 0.717) is 12.3 Å². The normalized spacial score (nSPS) is 18.2. The van der Waals surface area contributed by atoms with Gasteiger partial charge in [-0.15, -0.1) is 0 Å². The lowest BCUT2D eigenvalue weighted by atomic mass is 10.0. The van der Waals surface area contributed by atoms with E-state index < -0.39 is 0 Å². The second kappa shape index (κ2) is 8.56. The van der Waals surface area contributed by atoms with Crippen LogP contribution in [0.5, 0.6) is 0 Å². The molecule has 14 heavy (non-hydrogen) atoms. The van der Waals surface area contributed by atoms with Crippen molar-refractivity contribution >= 4 is 5.71 Å². The fourth-order valence-electron chi connectivity index (χ4n) is 1.14. The van der Waals surface area contributed by atoms with Gasteiger partial charge in [0.25, 0.3) is 0 Å². The van der Waals surface area contributed by atoms with Crippen LogP contribution < -0.4 is 0 Å². The van der Waals surface area contributed by atoms with Crippen molar-refractivity contribution in [3.63, 3.8) is 0 Å². The van der Waals surface area contributed by atoms with Gasteiger partial charge in [-0.3, -0.25) is 0 Å². The molecule has 0 saturated heterocycles. The highest BCUT2D eigenvalue weighted by Crippen LogP contribution is 2.15. The predicted molar refractivity (Wildman–Crippen MR) is 55.5 cm³/mol. The van der Waals surface area contributed by atoms with Crippen LogP contribution in [0, 0.1) is 0 Å². The van der Waals surface area contributed by atoms with E-state index in [1.807, 2.05) is 13.0 Å². The molecule has 1 aliphatic carbocycles. The van der Waals surface area contributed by atoms with Crippen LogP contribution in [0.25, 0.3) is 0 Å². The van der Waals surface area contributed by atoms with Gasteiger partial charge < -0.3 is 15.1 Å². The van der Waals surface area contributed by atoms with Crippen LogP contribution in [-0.2, 0) is 4.74 Å². The molecule has 1 rings (SSSR count). The maximum atomic E-state index is 8.56. The van der Waals surface area contributed by atoms with E-state index in [1.165, 1.54) is 0 Å². The van der Waals surface area contributed by atoms with Gasteiger partial charge in [-0.2, -0.15) is 0 Å². The van der Waals surface area contributed by atoms with Gasteiger partial charge >= 0.3 is 0 Å². The van der Waals surface area contributed by atoms with Crippen LogP contribution in [0.15, 0.2) is 17.0 Å². The van der Waals surface area contributed by atoms with Gasteiger partial charge in [0.2, 0.25) is 0 Å². The maximum absolute atomic E-state index is 8.56. The Bertz CT molecular complexity index is 200. The van der Waals surface area contributed by atoms with Crippen molar-refractivity contribution in [2.45, 2.75) is 33.1 Å². The van der Waals surface area contributed by atoms with Crippen LogP contribution in [0.1, 0.15) is 33.1 Å². The third-order valence-electron chi connectivity index (χ3n) is 1.65. The van der Waals surface area contributed by atoms with E-state index in [-0.39, 0.29) is 6.61 Å². The van der Waals surface area contributed by atoms with Crippen molar-refractivity contribution in [2.24, 2.45) is 5.16 Å². The van der Waals surface area contributed by atoms with E-state index >= 15 is 0 Å². The largest absolute Gasteiger partial charge is 0.492 e. The minimum Gasteiger partial charge on any atom is -0.492 e. The molecule has 0 aromatic rings. The molecule has 0 amide bonds. The van der Waals surface area contributed by atoms with E-state index in [4.69, 9.17) is 15.1 Å². The summed E-state index contributed by atoms with van der Waals surface area (Å²) in [7, 11) is 0. The fraction of sp³-hybridized carbons (Fsp3) is 0.700. The molecule has 0 saturated carbocycles. The van der Waals surface area contributed by atoms with Crippen LogP contribution in [0.4, 0.5) is 0 Å². The minimum atomic E-state index is 0.250. The minimum absolute atomic E-state index is 0.250. The molecule has 4 heteroatoms. The summed E-state index contributed by atoms with van der Waals surface area (Å²) in [4.78, 5) is 0. The van der Waals surface area contributed by atoms with E-state index in [0.717, 1.165) is 25.0 Å². The van der Waals surface area contributed by atoms with Gasteiger partial charge in [0.15, 0.2) is 0 Å². The van der Waals surface area contributed by atoms with E-state index in [9.17, 15) is 0 Å². The van der Waals surface area contributed by atoms with Crippen molar-refractivity contribution < 1.29 is 15.1 Å². The summed E-state index contributed by atoms with van der Waals surface area (Å²) in [5.74, 6) is 0.751. The Balaban J connectivity index is 0.000000500. The number of aliphatic hydroxyl groups is 1. The zero-order chi connectivity index (χ0) is 10.8. The molecule has 82 valence electrons. The third kappa shape index (κ3) is 4.87. The first-order valence-electron chi connectivity index (χ1n) is 4.95. The Labute approximate surface area is 84.9 Å². The number of nitrogens with zero attached hydrogens (tertiary/aromatic N) is 1. The lowest BCUT2D eigenvalue weighted by Crippen LogP contribution is -2.10. The van der Waals surface area contributed by atoms with Crippen LogP contribution in [0.2, 0.25) is 0 Å². The molecule has 0 aromatic heterocycles. The predicted octanol–water partition coefficient (Wildman–Crippen LogP) is 1.92. The van der Waals surface area contributed by atoms with Gasteiger partial charge in [-0.05, 0) is 39.2 Å². The first-order valence-corrected chi connectivity index (χ1v) is 4.95. The average Bonchev–Trinajstić information content (AvgIpc) is 2.20. The Kier molecular flexibility index (Phi) is 7.93. The Hall–Kier alpha value is -1.03. The first kappa shape index (κ1) is 13.0. The molecule has 0 bridgehead atoms. The molecule has 0 spiro atoms. The lowest BCUT2D eigenvalue weighted by Gasteiger charge is -2.13. The second-order valence-electron chi connectivity index (χ2n) is 2.76. The number of aliphatic hydroxyl groups excluding tert-OH is 1. The highest BCUT2D eigenvalue weighted by molar-refractivity contribution is 5.98. The van der Waals surface area contributed by atoms with Gasteiger partial charge in [0.1, 0.15) is 11.5 Å². The number of hydrogen-bond acceptors (Lipinski definition) is 4. The van der Waals surface area contributed by atoms with Crippen molar-refractivity contribution in [3.8, 4) is 0 Å². The molecule has 0 unspecified atom stereocenters.